The van der Waals surface area contributed by atoms with E-state index in [1.165, 1.54) is 12.1 Å². The predicted octanol–water partition coefficient (Wildman–Crippen LogP) is 2.37. The number of carbonyl (C=O) groups is 1. The molecule has 0 unspecified atom stereocenters. The fourth-order valence-electron chi connectivity index (χ4n) is 1.52. The summed E-state index contributed by atoms with van der Waals surface area (Å²) in [5.41, 5.74) is 0.409. The minimum Gasteiger partial charge on any atom is -0.377 e. The smallest absolute Gasteiger partial charge is 0.176 e. The van der Waals surface area contributed by atoms with Gasteiger partial charge in [0.2, 0.25) is 0 Å². The number of halogens is 1. The molecule has 0 fully saturated rings. The minimum atomic E-state index is -0.383. The predicted molar refractivity (Wildman–Crippen MR) is 69.3 cm³/mol. The summed E-state index contributed by atoms with van der Waals surface area (Å²) in [6.07, 6.45) is 0.192. The van der Waals surface area contributed by atoms with Gasteiger partial charge in [0.05, 0.1) is 19.3 Å². The maximum atomic E-state index is 13.0. The molecular formula is C14H20FNO2. The zero-order chi connectivity index (χ0) is 13.5. The quantitative estimate of drug-likeness (QED) is 0.699. The van der Waals surface area contributed by atoms with Gasteiger partial charge >= 0.3 is 0 Å². The van der Waals surface area contributed by atoms with Gasteiger partial charge in [0.1, 0.15) is 5.82 Å². The average Bonchev–Trinajstić information content (AvgIpc) is 2.28. The van der Waals surface area contributed by atoms with E-state index in [4.69, 9.17) is 4.74 Å². The number of hydrogen-bond acceptors (Lipinski definition) is 3. The number of ether oxygens (including phenoxy) is 1. The summed E-state index contributed by atoms with van der Waals surface area (Å²) < 4.78 is 18.4. The molecule has 0 aliphatic heterocycles. The standard InChI is InChI=1S/C14H20FNO2/c1-11(2)18-8-7-16(3)10-14(17)12-5-4-6-13(15)9-12/h4-6,9,11H,7-8,10H2,1-3H3. The molecular weight excluding hydrogens is 233 g/mol. The van der Waals surface area contributed by atoms with Gasteiger partial charge in [-0.1, -0.05) is 12.1 Å². The number of hydrogen-bond donors (Lipinski definition) is 0. The normalized spacial score (nSPS) is 11.2. The molecule has 0 atom stereocenters. The maximum Gasteiger partial charge on any atom is 0.176 e. The maximum absolute atomic E-state index is 13.0. The number of rotatable bonds is 7. The molecule has 0 bridgehead atoms. The van der Waals surface area contributed by atoms with Crippen LogP contribution in [-0.2, 0) is 4.74 Å². The molecule has 0 amide bonds. The molecule has 0 N–H and O–H groups in total. The van der Waals surface area contributed by atoms with Crippen molar-refractivity contribution in [1.29, 1.82) is 0 Å². The molecule has 0 heterocycles. The van der Waals surface area contributed by atoms with E-state index in [9.17, 15) is 9.18 Å². The van der Waals surface area contributed by atoms with E-state index < -0.39 is 0 Å². The van der Waals surface area contributed by atoms with Crippen LogP contribution in [0.2, 0.25) is 0 Å². The fourth-order valence-corrected chi connectivity index (χ4v) is 1.52. The fraction of sp³-hybridized carbons (Fsp3) is 0.500. The van der Waals surface area contributed by atoms with Gasteiger partial charge in [0.25, 0.3) is 0 Å². The van der Waals surface area contributed by atoms with Gasteiger partial charge in [-0.25, -0.2) is 4.39 Å². The van der Waals surface area contributed by atoms with Crippen molar-refractivity contribution in [3.63, 3.8) is 0 Å². The SMILES string of the molecule is CC(C)OCCN(C)CC(=O)c1cccc(F)c1. The summed E-state index contributed by atoms with van der Waals surface area (Å²) in [6.45, 7) is 5.48. The van der Waals surface area contributed by atoms with E-state index in [0.29, 0.717) is 18.7 Å². The first kappa shape index (κ1) is 14.8. The summed E-state index contributed by atoms with van der Waals surface area (Å²) in [4.78, 5) is 13.7. The monoisotopic (exact) mass is 253 g/mol. The first-order valence-electron chi connectivity index (χ1n) is 6.08. The summed E-state index contributed by atoms with van der Waals surface area (Å²) in [5.74, 6) is -0.465. The highest BCUT2D eigenvalue weighted by molar-refractivity contribution is 5.97. The van der Waals surface area contributed by atoms with Gasteiger partial charge in [-0.3, -0.25) is 9.69 Å². The van der Waals surface area contributed by atoms with Gasteiger partial charge in [0, 0.05) is 12.1 Å². The molecule has 0 saturated heterocycles. The highest BCUT2D eigenvalue weighted by Crippen LogP contribution is 2.05. The first-order valence-corrected chi connectivity index (χ1v) is 6.08. The Labute approximate surface area is 108 Å². The van der Waals surface area contributed by atoms with Crippen molar-refractivity contribution >= 4 is 5.78 Å². The molecule has 18 heavy (non-hydrogen) atoms. The van der Waals surface area contributed by atoms with Crippen LogP contribution in [0.25, 0.3) is 0 Å². The Hall–Kier alpha value is -1.26. The van der Waals surface area contributed by atoms with Crippen LogP contribution < -0.4 is 0 Å². The van der Waals surface area contributed by atoms with Crippen LogP contribution in [0.5, 0.6) is 0 Å². The number of likely N-dealkylation sites (N-methyl/N-ethyl adjacent to an activating group) is 1. The highest BCUT2D eigenvalue weighted by Gasteiger charge is 2.10. The molecule has 0 aromatic heterocycles. The zero-order valence-corrected chi connectivity index (χ0v) is 11.1. The molecule has 100 valence electrons. The van der Waals surface area contributed by atoms with Gasteiger partial charge in [-0.05, 0) is 33.0 Å². The highest BCUT2D eigenvalue weighted by atomic mass is 19.1. The second kappa shape index (κ2) is 7.24. The van der Waals surface area contributed by atoms with E-state index in [1.807, 2.05) is 25.8 Å². The van der Waals surface area contributed by atoms with Crippen molar-refractivity contribution in [2.45, 2.75) is 20.0 Å². The minimum absolute atomic E-state index is 0.0819. The van der Waals surface area contributed by atoms with Crippen molar-refractivity contribution < 1.29 is 13.9 Å². The molecule has 0 radical (unpaired) electrons. The van der Waals surface area contributed by atoms with Crippen LogP contribution in [0.4, 0.5) is 4.39 Å². The molecule has 0 spiro atoms. The topological polar surface area (TPSA) is 29.5 Å². The number of nitrogens with zero attached hydrogens (tertiary/aromatic N) is 1. The summed E-state index contributed by atoms with van der Waals surface area (Å²) in [5, 5.41) is 0. The first-order chi connectivity index (χ1) is 8.49. The third-order valence-corrected chi connectivity index (χ3v) is 2.48. The van der Waals surface area contributed by atoms with Crippen molar-refractivity contribution in [1.82, 2.24) is 4.90 Å². The Balaban J connectivity index is 2.40. The second-order valence-electron chi connectivity index (χ2n) is 4.59. The van der Waals surface area contributed by atoms with Crippen molar-refractivity contribution in [2.75, 3.05) is 26.7 Å². The van der Waals surface area contributed by atoms with E-state index in [2.05, 4.69) is 0 Å². The van der Waals surface area contributed by atoms with Gasteiger partial charge in [-0.2, -0.15) is 0 Å². The number of ketones is 1. The lowest BCUT2D eigenvalue weighted by atomic mass is 10.1. The van der Waals surface area contributed by atoms with Crippen molar-refractivity contribution in [3.8, 4) is 0 Å². The van der Waals surface area contributed by atoms with Crippen LogP contribution in [-0.4, -0.2) is 43.5 Å². The summed E-state index contributed by atoms with van der Waals surface area (Å²) in [6, 6.07) is 5.77. The lowest BCUT2D eigenvalue weighted by Gasteiger charge is -2.16. The van der Waals surface area contributed by atoms with E-state index in [1.54, 1.807) is 12.1 Å². The van der Waals surface area contributed by atoms with Gasteiger partial charge in [-0.15, -0.1) is 0 Å². The largest absolute Gasteiger partial charge is 0.377 e. The summed E-state index contributed by atoms with van der Waals surface area (Å²) in [7, 11) is 1.85. The van der Waals surface area contributed by atoms with Crippen LogP contribution >= 0.6 is 0 Å². The van der Waals surface area contributed by atoms with Crippen LogP contribution in [0.1, 0.15) is 24.2 Å². The zero-order valence-electron chi connectivity index (χ0n) is 11.1. The van der Waals surface area contributed by atoms with Gasteiger partial charge in [0.15, 0.2) is 5.78 Å². The lowest BCUT2D eigenvalue weighted by Crippen LogP contribution is -2.30. The molecule has 0 saturated carbocycles. The number of Topliss-reactive ketones (excluding diaryl/α,β-unsaturated/α-hetero) is 1. The lowest BCUT2D eigenvalue weighted by molar-refractivity contribution is 0.0619. The molecule has 1 rings (SSSR count). The molecule has 1 aromatic carbocycles. The Morgan fingerprint density at radius 3 is 2.78 bits per heavy atom. The summed E-state index contributed by atoms with van der Waals surface area (Å²) >= 11 is 0. The van der Waals surface area contributed by atoms with Crippen LogP contribution in [0.15, 0.2) is 24.3 Å². The third kappa shape index (κ3) is 5.38. The van der Waals surface area contributed by atoms with Crippen LogP contribution in [0.3, 0.4) is 0 Å². The van der Waals surface area contributed by atoms with Gasteiger partial charge < -0.3 is 4.74 Å². The molecule has 3 nitrogen and oxygen atoms in total. The van der Waals surface area contributed by atoms with Crippen molar-refractivity contribution in [2.24, 2.45) is 0 Å². The molecule has 0 aliphatic carbocycles. The molecule has 0 aliphatic rings. The Kier molecular flexibility index (Phi) is 5.95. The van der Waals surface area contributed by atoms with E-state index in [0.717, 1.165) is 0 Å². The Morgan fingerprint density at radius 2 is 2.17 bits per heavy atom. The third-order valence-electron chi connectivity index (χ3n) is 2.48. The Bertz CT molecular complexity index is 393. The van der Waals surface area contributed by atoms with Crippen LogP contribution in [0, 0.1) is 5.82 Å². The Morgan fingerprint density at radius 1 is 1.44 bits per heavy atom. The second-order valence-corrected chi connectivity index (χ2v) is 4.59. The molecule has 4 heteroatoms. The van der Waals surface area contributed by atoms with Crippen molar-refractivity contribution in [3.05, 3.63) is 35.6 Å². The number of benzene rings is 1. The van der Waals surface area contributed by atoms with E-state index in [-0.39, 0.29) is 24.2 Å². The van der Waals surface area contributed by atoms with E-state index >= 15 is 0 Å². The molecule has 1 aromatic rings. The number of carbonyl (C=O) groups excluding carboxylic acids is 1. The average molecular weight is 253 g/mol.